The monoisotopic (exact) mass is 425 g/mol. The Balaban J connectivity index is 1.29. The van der Waals surface area contributed by atoms with Crippen molar-refractivity contribution in [3.63, 3.8) is 0 Å². The highest BCUT2D eigenvalue weighted by Crippen LogP contribution is 2.24. The topological polar surface area (TPSA) is 88.8 Å². The van der Waals surface area contributed by atoms with E-state index in [2.05, 4.69) is 30.4 Å². The molecule has 5 rings (SSSR count). The van der Waals surface area contributed by atoms with Crippen LogP contribution in [0.4, 0.5) is 11.5 Å². The van der Waals surface area contributed by atoms with Gasteiger partial charge in [0.1, 0.15) is 5.82 Å². The number of rotatable bonds is 5. The molecule has 3 aromatic heterocycles. The van der Waals surface area contributed by atoms with E-state index in [1.807, 2.05) is 53.2 Å². The standard InChI is InChI=1S/C24H23N7O/c32-24(27-20-10-12-25-13-11-20)19-7-4-15-30(17-19)21-8-9-22(29-28-21)31-16-14-26-23(31)18-5-2-1-3-6-18/h1-3,5-6,8-14,16,19H,4,7,15,17H2,(H,25,27,32). The molecule has 0 radical (unpaired) electrons. The highest BCUT2D eigenvalue weighted by atomic mass is 16.1. The van der Waals surface area contributed by atoms with Crippen LogP contribution in [-0.4, -0.2) is 43.7 Å². The average Bonchev–Trinajstić information content (AvgIpc) is 3.35. The molecule has 0 bridgehead atoms. The van der Waals surface area contributed by atoms with Crippen molar-refractivity contribution in [2.24, 2.45) is 5.92 Å². The molecule has 1 amide bonds. The first-order valence-corrected chi connectivity index (χ1v) is 10.7. The molecule has 8 heteroatoms. The fraction of sp³-hybridized carbons (Fsp3) is 0.208. The molecule has 4 aromatic rings. The number of nitrogens with zero attached hydrogens (tertiary/aromatic N) is 6. The molecule has 0 spiro atoms. The third-order valence-electron chi connectivity index (χ3n) is 5.62. The Morgan fingerprint density at radius 2 is 1.72 bits per heavy atom. The predicted octanol–water partition coefficient (Wildman–Crippen LogP) is 3.58. The maximum atomic E-state index is 12.7. The molecule has 0 saturated carbocycles. The van der Waals surface area contributed by atoms with Crippen LogP contribution < -0.4 is 10.2 Å². The first-order valence-electron chi connectivity index (χ1n) is 10.7. The van der Waals surface area contributed by atoms with Gasteiger partial charge in [-0.1, -0.05) is 30.3 Å². The zero-order valence-corrected chi connectivity index (χ0v) is 17.5. The number of amides is 1. The van der Waals surface area contributed by atoms with Crippen LogP contribution in [0.1, 0.15) is 12.8 Å². The number of carbonyl (C=O) groups excluding carboxylic acids is 1. The number of imidazole rings is 1. The number of benzene rings is 1. The second-order valence-corrected chi connectivity index (χ2v) is 7.75. The molecule has 1 unspecified atom stereocenters. The van der Waals surface area contributed by atoms with Gasteiger partial charge in [0.2, 0.25) is 5.91 Å². The van der Waals surface area contributed by atoms with Gasteiger partial charge in [0, 0.05) is 49.1 Å². The lowest BCUT2D eigenvalue weighted by Crippen LogP contribution is -2.41. The molecule has 1 atom stereocenters. The maximum Gasteiger partial charge on any atom is 0.229 e. The second-order valence-electron chi connectivity index (χ2n) is 7.75. The van der Waals surface area contributed by atoms with Crippen molar-refractivity contribution in [1.82, 2.24) is 24.7 Å². The zero-order chi connectivity index (χ0) is 21.8. The Morgan fingerprint density at radius 1 is 0.938 bits per heavy atom. The van der Waals surface area contributed by atoms with Crippen LogP contribution in [0.25, 0.3) is 17.2 Å². The normalized spacial score (nSPS) is 16.0. The number of carbonyl (C=O) groups is 1. The SMILES string of the molecule is O=C(Nc1ccncc1)C1CCCN(c2ccc(-n3ccnc3-c3ccccc3)nn2)C1. The van der Waals surface area contributed by atoms with Crippen LogP contribution in [0, 0.1) is 5.92 Å². The fourth-order valence-electron chi connectivity index (χ4n) is 3.98. The minimum atomic E-state index is -0.100. The molecular formula is C24H23N7O. The fourth-order valence-corrected chi connectivity index (χ4v) is 3.98. The van der Waals surface area contributed by atoms with Crippen molar-refractivity contribution in [2.75, 3.05) is 23.3 Å². The highest BCUT2D eigenvalue weighted by molar-refractivity contribution is 5.92. The van der Waals surface area contributed by atoms with Gasteiger partial charge in [0.05, 0.1) is 5.92 Å². The van der Waals surface area contributed by atoms with Gasteiger partial charge in [-0.05, 0) is 37.1 Å². The van der Waals surface area contributed by atoms with E-state index in [1.54, 1.807) is 30.7 Å². The number of pyridine rings is 1. The molecule has 160 valence electrons. The Kier molecular flexibility index (Phi) is 5.57. The smallest absolute Gasteiger partial charge is 0.229 e. The summed E-state index contributed by atoms with van der Waals surface area (Å²) < 4.78 is 1.92. The molecule has 8 nitrogen and oxygen atoms in total. The summed E-state index contributed by atoms with van der Waals surface area (Å²) in [6, 6.07) is 17.5. The van der Waals surface area contributed by atoms with Crippen molar-refractivity contribution in [3.8, 4) is 17.2 Å². The summed E-state index contributed by atoms with van der Waals surface area (Å²) in [4.78, 5) is 23.3. The first-order chi connectivity index (χ1) is 15.8. The molecule has 0 aliphatic carbocycles. The van der Waals surface area contributed by atoms with Gasteiger partial charge in [0.25, 0.3) is 0 Å². The van der Waals surface area contributed by atoms with Gasteiger partial charge in [-0.25, -0.2) is 4.98 Å². The summed E-state index contributed by atoms with van der Waals surface area (Å²) in [5.74, 6) is 2.22. The van der Waals surface area contributed by atoms with Crippen LogP contribution in [0.3, 0.4) is 0 Å². The lowest BCUT2D eigenvalue weighted by Gasteiger charge is -2.32. The van der Waals surface area contributed by atoms with Gasteiger partial charge in [-0.2, -0.15) is 0 Å². The maximum absolute atomic E-state index is 12.7. The summed E-state index contributed by atoms with van der Waals surface area (Å²) in [5.41, 5.74) is 1.78. The van der Waals surface area contributed by atoms with Crippen molar-refractivity contribution < 1.29 is 4.79 Å². The van der Waals surface area contributed by atoms with E-state index in [9.17, 15) is 4.79 Å². The largest absolute Gasteiger partial charge is 0.354 e. The van der Waals surface area contributed by atoms with Crippen LogP contribution >= 0.6 is 0 Å². The summed E-state index contributed by atoms with van der Waals surface area (Å²) in [6.45, 7) is 1.47. The Hall–Kier alpha value is -4.07. The van der Waals surface area contributed by atoms with Gasteiger partial charge < -0.3 is 10.2 Å². The van der Waals surface area contributed by atoms with E-state index in [0.29, 0.717) is 12.4 Å². The number of hydrogen-bond acceptors (Lipinski definition) is 6. The van der Waals surface area contributed by atoms with Crippen LogP contribution in [-0.2, 0) is 4.79 Å². The quantitative estimate of drug-likeness (QED) is 0.526. The van der Waals surface area contributed by atoms with E-state index in [0.717, 1.165) is 42.3 Å². The van der Waals surface area contributed by atoms with E-state index >= 15 is 0 Å². The van der Waals surface area contributed by atoms with E-state index in [-0.39, 0.29) is 11.8 Å². The number of nitrogens with one attached hydrogen (secondary N) is 1. The molecular weight excluding hydrogens is 402 g/mol. The number of piperidine rings is 1. The van der Waals surface area contributed by atoms with Gasteiger partial charge >= 0.3 is 0 Å². The molecule has 32 heavy (non-hydrogen) atoms. The van der Waals surface area contributed by atoms with E-state index in [1.165, 1.54) is 0 Å². The van der Waals surface area contributed by atoms with Crippen molar-refractivity contribution in [2.45, 2.75) is 12.8 Å². The Labute approximate surface area is 186 Å². The Bertz CT molecular complexity index is 1180. The van der Waals surface area contributed by atoms with Crippen molar-refractivity contribution in [1.29, 1.82) is 0 Å². The molecule has 1 aromatic carbocycles. The zero-order valence-electron chi connectivity index (χ0n) is 17.5. The summed E-state index contributed by atoms with van der Waals surface area (Å²) >= 11 is 0. The predicted molar refractivity (Wildman–Crippen MR) is 122 cm³/mol. The van der Waals surface area contributed by atoms with Gasteiger partial charge in [0.15, 0.2) is 11.6 Å². The van der Waals surface area contributed by atoms with E-state index < -0.39 is 0 Å². The Morgan fingerprint density at radius 3 is 2.50 bits per heavy atom. The highest BCUT2D eigenvalue weighted by Gasteiger charge is 2.27. The molecule has 4 heterocycles. The summed E-state index contributed by atoms with van der Waals surface area (Å²) in [5, 5.41) is 11.9. The molecule has 1 N–H and O–H groups in total. The van der Waals surface area contributed by atoms with Crippen LogP contribution in [0.2, 0.25) is 0 Å². The molecule has 1 saturated heterocycles. The molecule has 1 aliphatic heterocycles. The number of hydrogen-bond donors (Lipinski definition) is 1. The van der Waals surface area contributed by atoms with Gasteiger partial charge in [-0.15, -0.1) is 10.2 Å². The molecule has 1 aliphatic rings. The average molecular weight is 425 g/mol. The van der Waals surface area contributed by atoms with Gasteiger partial charge in [-0.3, -0.25) is 14.3 Å². The van der Waals surface area contributed by atoms with Crippen molar-refractivity contribution in [3.05, 3.63) is 79.4 Å². The van der Waals surface area contributed by atoms with E-state index in [4.69, 9.17) is 0 Å². The number of anilines is 2. The molecule has 1 fully saturated rings. The van der Waals surface area contributed by atoms with Crippen molar-refractivity contribution >= 4 is 17.4 Å². The first kappa shape index (κ1) is 19.9. The minimum Gasteiger partial charge on any atom is -0.354 e. The minimum absolute atomic E-state index is 0.0244. The third kappa shape index (κ3) is 4.20. The van der Waals surface area contributed by atoms with Crippen LogP contribution in [0.15, 0.2) is 79.4 Å². The number of aromatic nitrogens is 5. The van der Waals surface area contributed by atoms with Crippen LogP contribution in [0.5, 0.6) is 0 Å². The lowest BCUT2D eigenvalue weighted by molar-refractivity contribution is -0.120. The third-order valence-corrected chi connectivity index (χ3v) is 5.62. The summed E-state index contributed by atoms with van der Waals surface area (Å²) in [6.07, 6.45) is 8.76. The second kappa shape index (κ2) is 8.97. The lowest BCUT2D eigenvalue weighted by atomic mass is 9.97. The summed E-state index contributed by atoms with van der Waals surface area (Å²) in [7, 11) is 0.